The lowest BCUT2D eigenvalue weighted by Gasteiger charge is -2.24. The lowest BCUT2D eigenvalue weighted by Crippen LogP contribution is -2.55. The molecule has 4 rings (SSSR count). The molecule has 17 heteroatoms. The molecule has 0 saturated carbocycles. The van der Waals surface area contributed by atoms with E-state index in [1.165, 1.54) is 12.5 Å². The molecule has 0 fully saturated rings. The number of aromatic amines is 1. The van der Waals surface area contributed by atoms with Crippen LogP contribution in [-0.2, 0) is 40.2 Å². The van der Waals surface area contributed by atoms with Gasteiger partial charge in [0.05, 0.1) is 18.8 Å². The first kappa shape index (κ1) is 36.6. The average molecular weight is 716 g/mol. The quantitative estimate of drug-likeness (QED) is 0.126. The van der Waals surface area contributed by atoms with E-state index in [1.54, 1.807) is 0 Å². The van der Waals surface area contributed by atoms with Gasteiger partial charge in [0.2, 0.25) is 11.8 Å². The Bertz CT molecular complexity index is 1800. The van der Waals surface area contributed by atoms with Crippen molar-refractivity contribution in [2.75, 3.05) is 12.9 Å². The minimum atomic E-state index is -3.93. The molecular formula is C32H34ClN5O10S. The first-order chi connectivity index (χ1) is 23.2. The first-order valence-corrected chi connectivity index (χ1v) is 17.2. The number of H-pyrrole nitrogens is 1. The van der Waals surface area contributed by atoms with Crippen LogP contribution in [0.5, 0.6) is 0 Å². The highest BCUT2D eigenvalue weighted by Crippen LogP contribution is 2.44. The third-order valence-corrected chi connectivity index (χ3v) is 9.43. The van der Waals surface area contributed by atoms with Gasteiger partial charge in [-0.3, -0.25) is 19.2 Å². The standard InChI is InChI=1S/C32H34ClN5O10S/c1-49(46,47)27(33)13-18(14-29(41)42)36-31(44)26(12-19-15-34-17-35-19)37-30(43)25(10-11-28(39)40)38-32(45)48-16-24-22-8-4-2-6-20(22)21-7-3-5-9-23(21)24/h2-9,13,15,17-18,24-26H,10-12,14,16H2,1H3,(H,34,35)(H,36,44)(H,37,43)(H,38,45)(H,39,40)(H,41,42)/b27-13+/t18-,25+,26-/m1/s1. The Morgan fingerprint density at radius 1 is 0.939 bits per heavy atom. The van der Waals surface area contributed by atoms with Gasteiger partial charge in [-0.25, -0.2) is 18.2 Å². The Labute approximate surface area is 286 Å². The van der Waals surface area contributed by atoms with Crippen LogP contribution in [0.4, 0.5) is 4.79 Å². The Morgan fingerprint density at radius 2 is 1.55 bits per heavy atom. The topological polar surface area (TPSA) is 234 Å². The third kappa shape index (κ3) is 10.1. The van der Waals surface area contributed by atoms with Crippen molar-refractivity contribution >= 4 is 51.3 Å². The number of aliphatic carboxylic acids is 2. The summed E-state index contributed by atoms with van der Waals surface area (Å²) in [5.74, 6) is -4.77. The second kappa shape index (κ2) is 16.3. The smallest absolute Gasteiger partial charge is 0.407 e. The van der Waals surface area contributed by atoms with Gasteiger partial charge in [0.15, 0.2) is 9.84 Å². The summed E-state index contributed by atoms with van der Waals surface area (Å²) < 4.78 is 28.5. The molecule has 260 valence electrons. The minimum Gasteiger partial charge on any atom is -0.481 e. The molecule has 3 amide bonds. The van der Waals surface area contributed by atoms with Gasteiger partial charge in [-0.2, -0.15) is 0 Å². The molecule has 3 atom stereocenters. The van der Waals surface area contributed by atoms with E-state index < -0.39 is 75.0 Å². The number of carboxylic acid groups (broad SMARTS) is 2. The summed E-state index contributed by atoms with van der Waals surface area (Å²) in [4.78, 5) is 69.4. The number of nitrogens with zero attached hydrogens (tertiary/aromatic N) is 1. The van der Waals surface area contributed by atoms with Crippen LogP contribution in [-0.4, -0.2) is 89.4 Å². The van der Waals surface area contributed by atoms with Crippen molar-refractivity contribution in [2.45, 2.75) is 49.7 Å². The summed E-state index contributed by atoms with van der Waals surface area (Å²) in [6.45, 7) is -0.0769. The van der Waals surface area contributed by atoms with Gasteiger partial charge >= 0.3 is 18.0 Å². The molecule has 0 aliphatic heterocycles. The maximum atomic E-state index is 13.5. The fraction of sp³-hybridized carbons (Fsp3) is 0.312. The van der Waals surface area contributed by atoms with Gasteiger partial charge in [0.1, 0.15) is 23.1 Å². The normalized spacial score (nSPS) is 14.4. The van der Waals surface area contributed by atoms with Crippen molar-refractivity contribution in [3.05, 3.63) is 88.3 Å². The van der Waals surface area contributed by atoms with Crippen LogP contribution in [0.25, 0.3) is 11.1 Å². The van der Waals surface area contributed by atoms with E-state index >= 15 is 0 Å². The zero-order valence-corrected chi connectivity index (χ0v) is 27.7. The van der Waals surface area contributed by atoms with Gasteiger partial charge in [0.25, 0.3) is 0 Å². The molecule has 0 saturated heterocycles. The van der Waals surface area contributed by atoms with Crippen LogP contribution in [0.2, 0.25) is 0 Å². The molecule has 49 heavy (non-hydrogen) atoms. The molecule has 0 spiro atoms. The molecule has 1 aliphatic rings. The van der Waals surface area contributed by atoms with E-state index in [0.717, 1.165) is 34.6 Å². The summed E-state index contributed by atoms with van der Waals surface area (Å²) in [5.41, 5.74) is 4.31. The number of carbonyl (C=O) groups is 5. The number of hydrogen-bond acceptors (Lipinski definition) is 9. The maximum absolute atomic E-state index is 13.5. The van der Waals surface area contributed by atoms with E-state index in [1.807, 2.05) is 48.5 Å². The molecule has 0 bridgehead atoms. The van der Waals surface area contributed by atoms with Gasteiger partial charge in [-0.1, -0.05) is 60.1 Å². The predicted octanol–water partition coefficient (Wildman–Crippen LogP) is 2.29. The third-order valence-electron chi connectivity index (χ3n) is 7.62. The van der Waals surface area contributed by atoms with Crippen molar-refractivity contribution in [3.8, 4) is 11.1 Å². The van der Waals surface area contributed by atoms with Crippen LogP contribution in [0.15, 0.2) is 71.5 Å². The Hall–Kier alpha value is -5.22. The van der Waals surface area contributed by atoms with Gasteiger partial charge in [0, 0.05) is 36.9 Å². The number of rotatable bonds is 16. The van der Waals surface area contributed by atoms with Crippen molar-refractivity contribution in [1.29, 1.82) is 0 Å². The number of alkyl carbamates (subject to hydrolysis) is 1. The van der Waals surface area contributed by atoms with E-state index in [4.69, 9.17) is 16.3 Å². The lowest BCUT2D eigenvalue weighted by atomic mass is 9.98. The van der Waals surface area contributed by atoms with E-state index in [-0.39, 0.29) is 25.4 Å². The van der Waals surface area contributed by atoms with Crippen molar-refractivity contribution in [2.24, 2.45) is 0 Å². The Morgan fingerprint density at radius 3 is 2.10 bits per heavy atom. The predicted molar refractivity (Wildman–Crippen MR) is 176 cm³/mol. The van der Waals surface area contributed by atoms with Crippen molar-refractivity contribution in [1.82, 2.24) is 25.9 Å². The van der Waals surface area contributed by atoms with Crippen molar-refractivity contribution < 1.29 is 47.3 Å². The fourth-order valence-corrected chi connectivity index (χ4v) is 5.89. The molecule has 2 aromatic carbocycles. The van der Waals surface area contributed by atoms with Crippen LogP contribution in [0.3, 0.4) is 0 Å². The number of hydrogen-bond donors (Lipinski definition) is 6. The monoisotopic (exact) mass is 715 g/mol. The summed E-state index contributed by atoms with van der Waals surface area (Å²) in [6, 6.07) is 11.1. The summed E-state index contributed by atoms with van der Waals surface area (Å²) >= 11 is 5.81. The minimum absolute atomic E-state index is 0.0769. The molecular weight excluding hydrogens is 682 g/mol. The number of ether oxygens (including phenoxy) is 1. The zero-order valence-electron chi connectivity index (χ0n) is 26.1. The molecule has 1 aromatic heterocycles. The van der Waals surface area contributed by atoms with Gasteiger partial charge in [-0.15, -0.1) is 0 Å². The zero-order chi connectivity index (χ0) is 35.7. The molecule has 0 unspecified atom stereocenters. The van der Waals surface area contributed by atoms with Crippen molar-refractivity contribution in [3.63, 3.8) is 0 Å². The molecule has 6 N–H and O–H groups in total. The number of imidazole rings is 1. The lowest BCUT2D eigenvalue weighted by molar-refractivity contribution is -0.139. The number of amides is 3. The number of halogens is 1. The number of carbonyl (C=O) groups excluding carboxylic acids is 3. The second-order valence-corrected chi connectivity index (χ2v) is 13.9. The average Bonchev–Trinajstić information content (AvgIpc) is 3.66. The van der Waals surface area contributed by atoms with Crippen LogP contribution >= 0.6 is 11.6 Å². The first-order valence-electron chi connectivity index (χ1n) is 14.9. The van der Waals surface area contributed by atoms with E-state index in [0.29, 0.717) is 5.69 Å². The SMILES string of the molecule is CS(=O)(=O)/C(Cl)=C/[C@H](CC(=O)O)NC(=O)[C@@H](Cc1cnc[nH]1)NC(=O)[C@H](CCC(=O)O)NC(=O)OCC1c2ccccc2-c2ccccc21. The number of carboxylic acids is 2. The summed E-state index contributed by atoms with van der Waals surface area (Å²) in [5, 5.41) is 25.8. The van der Waals surface area contributed by atoms with Gasteiger partial charge in [-0.05, 0) is 34.8 Å². The van der Waals surface area contributed by atoms with E-state index in [9.17, 15) is 42.6 Å². The number of sulfone groups is 1. The molecule has 1 heterocycles. The second-order valence-electron chi connectivity index (χ2n) is 11.3. The highest BCUT2D eigenvalue weighted by Gasteiger charge is 2.32. The fourth-order valence-electron chi connectivity index (χ4n) is 5.32. The summed E-state index contributed by atoms with van der Waals surface area (Å²) in [7, 11) is -3.93. The highest BCUT2D eigenvalue weighted by molar-refractivity contribution is 7.96. The highest BCUT2D eigenvalue weighted by atomic mass is 35.5. The van der Waals surface area contributed by atoms with Gasteiger partial charge < -0.3 is 35.9 Å². The number of fused-ring (bicyclic) bond motifs is 3. The maximum Gasteiger partial charge on any atom is 0.407 e. The number of benzene rings is 2. The molecule has 3 aromatic rings. The Kier molecular flexibility index (Phi) is 12.1. The molecule has 1 aliphatic carbocycles. The number of nitrogens with one attached hydrogen (secondary N) is 4. The van der Waals surface area contributed by atoms with E-state index in [2.05, 4.69) is 25.9 Å². The molecule has 15 nitrogen and oxygen atoms in total. The summed E-state index contributed by atoms with van der Waals surface area (Å²) in [6.07, 6.45) is 1.53. The van der Waals surface area contributed by atoms with Crippen LogP contribution in [0.1, 0.15) is 42.0 Å². The molecule has 0 radical (unpaired) electrons. The Balaban J connectivity index is 1.49. The van der Waals surface area contributed by atoms with Crippen LogP contribution < -0.4 is 16.0 Å². The van der Waals surface area contributed by atoms with Crippen LogP contribution in [0, 0.1) is 0 Å². The largest absolute Gasteiger partial charge is 0.481 e. The number of aromatic nitrogens is 2.